The maximum Gasteiger partial charge on any atom is 0.293 e. The molecule has 0 unspecified atom stereocenters. The summed E-state index contributed by atoms with van der Waals surface area (Å²) in [5.41, 5.74) is 1.13. The SMILES string of the molecule is O=C(Cc1ccc2ccccc2c1)NCCN1C(=O)S/C(=C\c2ccccc2F)C1=O. The molecule has 1 fully saturated rings. The predicted octanol–water partition coefficient (Wildman–Crippen LogP) is 4.37. The number of carbonyl (C=O) groups excluding carboxylic acids is 3. The molecule has 156 valence electrons. The van der Waals surface area contributed by atoms with Gasteiger partial charge >= 0.3 is 0 Å². The van der Waals surface area contributed by atoms with Crippen molar-refractivity contribution in [1.82, 2.24) is 10.2 Å². The van der Waals surface area contributed by atoms with Gasteiger partial charge in [-0.25, -0.2) is 4.39 Å². The first kappa shape index (κ1) is 20.8. The number of fused-ring (bicyclic) bond motifs is 1. The molecule has 3 amide bonds. The molecular formula is C24H19FN2O3S. The van der Waals surface area contributed by atoms with Crippen molar-refractivity contribution in [3.63, 3.8) is 0 Å². The Morgan fingerprint density at radius 3 is 2.55 bits per heavy atom. The van der Waals surface area contributed by atoms with Crippen LogP contribution in [-0.4, -0.2) is 35.0 Å². The van der Waals surface area contributed by atoms with Crippen LogP contribution in [0.25, 0.3) is 16.8 Å². The molecule has 1 saturated heterocycles. The molecule has 0 aromatic heterocycles. The Hall–Kier alpha value is -3.45. The number of nitrogens with one attached hydrogen (secondary N) is 1. The first-order valence-corrected chi connectivity index (χ1v) is 10.6. The van der Waals surface area contributed by atoms with Gasteiger partial charge in [0.15, 0.2) is 0 Å². The third-order valence-corrected chi connectivity index (χ3v) is 5.81. The van der Waals surface area contributed by atoms with E-state index in [1.54, 1.807) is 12.1 Å². The highest BCUT2D eigenvalue weighted by atomic mass is 32.2. The average molecular weight is 434 g/mol. The molecular weight excluding hydrogens is 415 g/mol. The zero-order valence-corrected chi connectivity index (χ0v) is 17.3. The molecule has 0 atom stereocenters. The molecule has 1 N–H and O–H groups in total. The van der Waals surface area contributed by atoms with Crippen molar-refractivity contribution in [3.8, 4) is 0 Å². The number of amides is 3. The predicted molar refractivity (Wildman–Crippen MR) is 120 cm³/mol. The fraction of sp³-hybridized carbons (Fsp3) is 0.125. The molecule has 1 aliphatic rings. The second kappa shape index (κ2) is 9.14. The fourth-order valence-corrected chi connectivity index (χ4v) is 4.19. The lowest BCUT2D eigenvalue weighted by Crippen LogP contribution is -2.37. The maximum absolute atomic E-state index is 13.8. The Kier molecular flexibility index (Phi) is 6.13. The summed E-state index contributed by atoms with van der Waals surface area (Å²) in [6.07, 6.45) is 1.58. The summed E-state index contributed by atoms with van der Waals surface area (Å²) < 4.78 is 13.8. The van der Waals surface area contributed by atoms with Gasteiger partial charge in [0.2, 0.25) is 5.91 Å². The molecule has 0 bridgehead atoms. The van der Waals surface area contributed by atoms with Crippen molar-refractivity contribution in [1.29, 1.82) is 0 Å². The third kappa shape index (κ3) is 4.83. The summed E-state index contributed by atoms with van der Waals surface area (Å²) in [5.74, 6) is -1.14. The van der Waals surface area contributed by atoms with Crippen molar-refractivity contribution < 1.29 is 18.8 Å². The molecule has 31 heavy (non-hydrogen) atoms. The highest BCUT2D eigenvalue weighted by Gasteiger charge is 2.34. The fourth-order valence-electron chi connectivity index (χ4n) is 3.33. The summed E-state index contributed by atoms with van der Waals surface area (Å²) in [7, 11) is 0. The van der Waals surface area contributed by atoms with Gasteiger partial charge in [-0.2, -0.15) is 0 Å². The van der Waals surface area contributed by atoms with Crippen LogP contribution < -0.4 is 5.32 Å². The summed E-state index contributed by atoms with van der Waals surface area (Å²) in [6, 6.07) is 19.8. The van der Waals surface area contributed by atoms with Gasteiger partial charge in [0.1, 0.15) is 5.82 Å². The Morgan fingerprint density at radius 1 is 1.00 bits per heavy atom. The van der Waals surface area contributed by atoms with E-state index in [0.29, 0.717) is 0 Å². The molecule has 0 radical (unpaired) electrons. The van der Waals surface area contributed by atoms with Gasteiger partial charge in [-0.3, -0.25) is 19.3 Å². The minimum absolute atomic E-state index is 0.0583. The van der Waals surface area contributed by atoms with Gasteiger partial charge in [0.25, 0.3) is 11.1 Å². The highest BCUT2D eigenvalue weighted by molar-refractivity contribution is 8.18. The Morgan fingerprint density at radius 2 is 1.74 bits per heavy atom. The van der Waals surface area contributed by atoms with Crippen LogP contribution in [0.3, 0.4) is 0 Å². The van der Waals surface area contributed by atoms with Crippen molar-refractivity contribution in [2.24, 2.45) is 0 Å². The zero-order chi connectivity index (χ0) is 21.8. The molecule has 4 rings (SSSR count). The molecule has 3 aromatic carbocycles. The van der Waals surface area contributed by atoms with Gasteiger partial charge in [0, 0.05) is 18.7 Å². The Balaban J connectivity index is 1.32. The van der Waals surface area contributed by atoms with E-state index in [9.17, 15) is 18.8 Å². The van der Waals surface area contributed by atoms with Crippen LogP contribution in [0.5, 0.6) is 0 Å². The topological polar surface area (TPSA) is 66.5 Å². The third-order valence-electron chi connectivity index (χ3n) is 4.90. The average Bonchev–Trinajstić information content (AvgIpc) is 3.02. The molecule has 0 aliphatic carbocycles. The van der Waals surface area contributed by atoms with Crippen LogP contribution in [0, 0.1) is 5.82 Å². The van der Waals surface area contributed by atoms with Crippen molar-refractivity contribution in [2.75, 3.05) is 13.1 Å². The number of benzene rings is 3. The van der Waals surface area contributed by atoms with E-state index in [0.717, 1.165) is 33.0 Å². The molecule has 1 heterocycles. The molecule has 3 aromatic rings. The van der Waals surface area contributed by atoms with Crippen molar-refractivity contribution in [2.45, 2.75) is 6.42 Å². The zero-order valence-electron chi connectivity index (χ0n) is 16.5. The number of thioether (sulfide) groups is 1. The highest BCUT2D eigenvalue weighted by Crippen LogP contribution is 2.32. The van der Waals surface area contributed by atoms with E-state index in [2.05, 4.69) is 5.32 Å². The van der Waals surface area contributed by atoms with Gasteiger partial charge in [-0.05, 0) is 40.2 Å². The van der Waals surface area contributed by atoms with Gasteiger partial charge in [0.05, 0.1) is 11.3 Å². The molecule has 0 spiro atoms. The number of rotatable bonds is 6. The monoisotopic (exact) mass is 434 g/mol. The Bertz CT molecular complexity index is 1210. The first-order valence-electron chi connectivity index (χ1n) is 9.75. The summed E-state index contributed by atoms with van der Waals surface area (Å²) in [6.45, 7) is 0.209. The van der Waals surface area contributed by atoms with E-state index in [-0.39, 0.29) is 35.9 Å². The molecule has 0 saturated carbocycles. The number of hydrogen-bond acceptors (Lipinski definition) is 4. The summed E-state index contributed by atoms with van der Waals surface area (Å²) >= 11 is 0.767. The van der Waals surface area contributed by atoms with Gasteiger partial charge in [-0.1, -0.05) is 60.7 Å². The summed E-state index contributed by atoms with van der Waals surface area (Å²) in [5, 5.41) is 4.48. The second-order valence-electron chi connectivity index (χ2n) is 7.06. The molecule has 7 heteroatoms. The number of imide groups is 1. The van der Waals surface area contributed by atoms with Crippen LogP contribution in [-0.2, 0) is 16.0 Å². The van der Waals surface area contributed by atoms with E-state index in [4.69, 9.17) is 0 Å². The second-order valence-corrected chi connectivity index (χ2v) is 8.06. The largest absolute Gasteiger partial charge is 0.354 e. The smallest absolute Gasteiger partial charge is 0.293 e. The van der Waals surface area contributed by atoms with Gasteiger partial charge < -0.3 is 5.32 Å². The van der Waals surface area contributed by atoms with Crippen LogP contribution in [0.2, 0.25) is 0 Å². The number of nitrogens with zero attached hydrogens (tertiary/aromatic N) is 1. The molecule has 5 nitrogen and oxygen atoms in total. The number of carbonyl (C=O) groups is 3. The lowest BCUT2D eigenvalue weighted by molar-refractivity contribution is -0.124. The number of halogens is 1. The van der Waals surface area contributed by atoms with E-state index in [1.165, 1.54) is 18.2 Å². The lowest BCUT2D eigenvalue weighted by atomic mass is 10.1. The van der Waals surface area contributed by atoms with E-state index >= 15 is 0 Å². The van der Waals surface area contributed by atoms with Gasteiger partial charge in [-0.15, -0.1) is 0 Å². The van der Waals surface area contributed by atoms with Crippen LogP contribution in [0.4, 0.5) is 9.18 Å². The van der Waals surface area contributed by atoms with Crippen molar-refractivity contribution in [3.05, 3.63) is 88.6 Å². The minimum atomic E-state index is -0.484. The lowest BCUT2D eigenvalue weighted by Gasteiger charge is -2.13. The van der Waals surface area contributed by atoms with E-state index in [1.807, 2.05) is 42.5 Å². The minimum Gasteiger partial charge on any atom is -0.354 e. The van der Waals surface area contributed by atoms with Crippen LogP contribution in [0.1, 0.15) is 11.1 Å². The van der Waals surface area contributed by atoms with Crippen LogP contribution >= 0.6 is 11.8 Å². The van der Waals surface area contributed by atoms with E-state index < -0.39 is 17.0 Å². The first-order chi connectivity index (χ1) is 15.0. The quantitative estimate of drug-likeness (QED) is 0.585. The van der Waals surface area contributed by atoms with Crippen molar-refractivity contribution >= 4 is 45.7 Å². The molecule has 1 aliphatic heterocycles. The Labute approximate surface area is 182 Å². The standard InChI is InChI=1S/C24H19FN2O3S/c25-20-8-4-3-7-19(20)15-21-23(29)27(24(30)31-21)12-11-26-22(28)14-16-9-10-17-5-1-2-6-18(17)13-16/h1-10,13,15H,11-12,14H2,(H,26,28)/b21-15-. The number of hydrogen-bond donors (Lipinski definition) is 1. The maximum atomic E-state index is 13.8. The normalized spacial score (nSPS) is 15.1. The summed E-state index contributed by atoms with van der Waals surface area (Å²) in [4.78, 5) is 38.2. The van der Waals surface area contributed by atoms with Crippen LogP contribution in [0.15, 0.2) is 71.6 Å².